The van der Waals surface area contributed by atoms with E-state index in [1.807, 2.05) is 79.7 Å². The number of ether oxygens (including phenoxy) is 2. The van der Waals surface area contributed by atoms with Gasteiger partial charge in [-0.25, -0.2) is 9.98 Å². The number of thioether (sulfide) groups is 1. The van der Waals surface area contributed by atoms with Gasteiger partial charge in [0.15, 0.2) is 22.5 Å². The van der Waals surface area contributed by atoms with Crippen molar-refractivity contribution in [1.82, 2.24) is 4.98 Å². The number of aromatic nitrogens is 1. The Hall–Kier alpha value is -3.58. The van der Waals surface area contributed by atoms with Crippen molar-refractivity contribution in [2.75, 3.05) is 18.6 Å². The Bertz CT molecular complexity index is 1220. The average Bonchev–Trinajstić information content (AvgIpc) is 3.14. The molecule has 7 heteroatoms. The molecule has 1 amide bonds. The summed E-state index contributed by atoms with van der Waals surface area (Å²) in [5, 5.41) is 0.562. The maximum atomic E-state index is 13.5. The number of aliphatic imine (C=N–C) groups is 1. The largest absolute Gasteiger partial charge is 0.493 e. The smallest absolute Gasteiger partial charge is 0.271 e. The van der Waals surface area contributed by atoms with Crippen LogP contribution in [-0.4, -0.2) is 29.8 Å². The zero-order chi connectivity index (χ0) is 23.9. The second-order valence-electron chi connectivity index (χ2n) is 7.73. The number of hydrogen-bond donors (Lipinski definition) is 0. The van der Waals surface area contributed by atoms with Crippen LogP contribution in [0.2, 0.25) is 0 Å². The predicted octanol–water partition coefficient (Wildman–Crippen LogP) is 6.39. The monoisotopic (exact) mass is 473 g/mol. The number of carbonyl (C=O) groups is 1. The molecule has 0 bridgehead atoms. The highest BCUT2D eigenvalue weighted by Crippen LogP contribution is 2.38. The maximum absolute atomic E-state index is 13.5. The topological polar surface area (TPSA) is 64.0 Å². The summed E-state index contributed by atoms with van der Waals surface area (Å²) < 4.78 is 11.4. The van der Waals surface area contributed by atoms with E-state index in [0.717, 1.165) is 29.8 Å². The third-order valence-electron chi connectivity index (χ3n) is 5.15. The third-order valence-corrected chi connectivity index (χ3v) is 6.11. The lowest BCUT2D eigenvalue weighted by Crippen LogP contribution is -2.28. The van der Waals surface area contributed by atoms with Crippen molar-refractivity contribution in [3.05, 3.63) is 82.9 Å². The van der Waals surface area contributed by atoms with Crippen molar-refractivity contribution in [1.29, 1.82) is 0 Å². The zero-order valence-corrected chi connectivity index (χ0v) is 20.3. The van der Waals surface area contributed by atoms with Crippen LogP contribution in [0.4, 0.5) is 11.5 Å². The second-order valence-corrected chi connectivity index (χ2v) is 8.74. The van der Waals surface area contributed by atoms with Gasteiger partial charge in [-0.2, -0.15) is 0 Å². The van der Waals surface area contributed by atoms with E-state index in [1.54, 1.807) is 12.0 Å². The van der Waals surface area contributed by atoms with Gasteiger partial charge in [0, 0.05) is 5.69 Å². The minimum absolute atomic E-state index is 0.134. The molecule has 34 heavy (non-hydrogen) atoms. The van der Waals surface area contributed by atoms with Crippen molar-refractivity contribution in [2.45, 2.75) is 26.7 Å². The molecule has 1 fully saturated rings. The van der Waals surface area contributed by atoms with Gasteiger partial charge in [-0.3, -0.25) is 9.69 Å². The van der Waals surface area contributed by atoms with Crippen molar-refractivity contribution >= 4 is 40.4 Å². The number of pyridine rings is 1. The molecule has 2 aromatic carbocycles. The number of nitrogens with zero attached hydrogens (tertiary/aromatic N) is 3. The summed E-state index contributed by atoms with van der Waals surface area (Å²) >= 11 is 1.33. The van der Waals surface area contributed by atoms with Crippen LogP contribution in [0.25, 0.3) is 6.08 Å². The van der Waals surface area contributed by atoms with E-state index in [2.05, 4.69) is 11.9 Å². The first kappa shape index (κ1) is 23.6. The molecule has 0 spiro atoms. The molecular weight excluding hydrogens is 446 g/mol. The van der Waals surface area contributed by atoms with E-state index in [0.29, 0.717) is 34.0 Å². The Morgan fingerprint density at radius 1 is 1.06 bits per heavy atom. The van der Waals surface area contributed by atoms with Crippen LogP contribution in [0, 0.1) is 6.92 Å². The molecule has 0 N–H and O–H groups in total. The number of methoxy groups -OCH3 is 1. The van der Waals surface area contributed by atoms with Crippen LogP contribution >= 0.6 is 11.8 Å². The molecule has 1 aromatic heterocycles. The van der Waals surface area contributed by atoms with Crippen molar-refractivity contribution < 1.29 is 14.3 Å². The maximum Gasteiger partial charge on any atom is 0.271 e. The van der Waals surface area contributed by atoms with Crippen LogP contribution in [0.15, 0.2) is 76.6 Å². The van der Waals surface area contributed by atoms with Crippen molar-refractivity contribution in [2.24, 2.45) is 4.99 Å². The molecule has 174 valence electrons. The fraction of sp³-hybridized carbons (Fsp3) is 0.222. The number of hydrogen-bond acceptors (Lipinski definition) is 6. The SMILES string of the molecule is CCCCOc1ccc(/C=C2\S/C(=N/c3cccc(C)n3)N(c3ccccc3)C2=O)cc1OC. The number of amidine groups is 1. The number of benzene rings is 2. The van der Waals surface area contributed by atoms with Gasteiger partial charge >= 0.3 is 0 Å². The van der Waals surface area contributed by atoms with Gasteiger partial charge in [0.1, 0.15) is 0 Å². The minimum atomic E-state index is -0.134. The fourth-order valence-corrected chi connectivity index (χ4v) is 4.40. The molecule has 0 radical (unpaired) electrons. The molecule has 4 rings (SSSR count). The molecule has 1 aliphatic rings. The van der Waals surface area contributed by atoms with Gasteiger partial charge < -0.3 is 9.47 Å². The summed E-state index contributed by atoms with van der Waals surface area (Å²) in [5.41, 5.74) is 2.47. The highest BCUT2D eigenvalue weighted by Gasteiger charge is 2.34. The van der Waals surface area contributed by atoms with Crippen LogP contribution in [0.5, 0.6) is 11.5 Å². The van der Waals surface area contributed by atoms with Crippen LogP contribution in [-0.2, 0) is 4.79 Å². The number of rotatable bonds is 8. The van der Waals surface area contributed by atoms with E-state index >= 15 is 0 Å². The Labute approximate surface area is 204 Å². The molecule has 1 aliphatic heterocycles. The van der Waals surface area contributed by atoms with E-state index in [-0.39, 0.29) is 5.91 Å². The lowest BCUT2D eigenvalue weighted by atomic mass is 10.1. The summed E-state index contributed by atoms with van der Waals surface area (Å²) in [6.45, 7) is 4.68. The first-order valence-corrected chi connectivity index (χ1v) is 12.0. The van der Waals surface area contributed by atoms with Gasteiger partial charge in [0.2, 0.25) is 0 Å². The van der Waals surface area contributed by atoms with Crippen molar-refractivity contribution in [3.8, 4) is 11.5 Å². The van der Waals surface area contributed by atoms with Gasteiger partial charge in [-0.1, -0.05) is 43.7 Å². The number of amides is 1. The average molecular weight is 474 g/mol. The lowest BCUT2D eigenvalue weighted by molar-refractivity contribution is -0.113. The molecule has 0 unspecified atom stereocenters. The Balaban J connectivity index is 1.68. The highest BCUT2D eigenvalue weighted by molar-refractivity contribution is 8.19. The number of aryl methyl sites for hydroxylation is 1. The summed E-state index contributed by atoms with van der Waals surface area (Å²) in [7, 11) is 1.62. The molecule has 6 nitrogen and oxygen atoms in total. The molecule has 1 saturated heterocycles. The van der Waals surface area contributed by atoms with Gasteiger partial charge in [-0.15, -0.1) is 0 Å². The van der Waals surface area contributed by atoms with E-state index in [9.17, 15) is 4.79 Å². The Morgan fingerprint density at radius 3 is 2.62 bits per heavy atom. The van der Waals surface area contributed by atoms with E-state index < -0.39 is 0 Å². The van der Waals surface area contributed by atoms with Gasteiger partial charge in [-0.05, 0) is 73.1 Å². The highest BCUT2D eigenvalue weighted by atomic mass is 32.2. The molecule has 0 atom stereocenters. The summed E-state index contributed by atoms with van der Waals surface area (Å²) in [6, 6.07) is 20.9. The number of unbranched alkanes of at least 4 members (excludes halogenated alkanes) is 1. The minimum Gasteiger partial charge on any atom is -0.493 e. The van der Waals surface area contributed by atoms with Gasteiger partial charge in [0.25, 0.3) is 5.91 Å². The zero-order valence-electron chi connectivity index (χ0n) is 19.5. The predicted molar refractivity (Wildman–Crippen MR) is 139 cm³/mol. The molecule has 3 aromatic rings. The van der Waals surface area contributed by atoms with E-state index in [4.69, 9.17) is 14.5 Å². The first-order valence-electron chi connectivity index (χ1n) is 11.2. The van der Waals surface area contributed by atoms with E-state index in [1.165, 1.54) is 11.8 Å². The lowest BCUT2D eigenvalue weighted by Gasteiger charge is -2.15. The second kappa shape index (κ2) is 11.0. The Morgan fingerprint density at radius 2 is 1.88 bits per heavy atom. The molecule has 2 heterocycles. The molecule has 0 saturated carbocycles. The number of carbonyl (C=O) groups excluding carboxylic acids is 1. The first-order chi connectivity index (χ1) is 16.6. The van der Waals surface area contributed by atoms with Crippen molar-refractivity contribution in [3.63, 3.8) is 0 Å². The Kier molecular flexibility index (Phi) is 7.65. The normalized spacial score (nSPS) is 15.9. The fourth-order valence-electron chi connectivity index (χ4n) is 3.41. The summed E-state index contributed by atoms with van der Waals surface area (Å²) in [4.78, 5) is 24.8. The standard InChI is InChI=1S/C27H27N3O3S/c1-4-5-16-33-22-15-14-20(17-23(22)32-3)18-24-26(31)30(21-11-7-6-8-12-21)27(34-24)29-25-13-9-10-19(2)28-25/h6-15,17-18H,4-5,16H2,1-3H3/b24-18-,29-27+. The number of anilines is 1. The summed E-state index contributed by atoms with van der Waals surface area (Å²) in [6.07, 6.45) is 3.90. The third kappa shape index (κ3) is 5.48. The number of para-hydroxylation sites is 1. The van der Waals surface area contributed by atoms with Crippen LogP contribution in [0.1, 0.15) is 31.0 Å². The van der Waals surface area contributed by atoms with Crippen LogP contribution in [0.3, 0.4) is 0 Å². The molecular formula is C27H27N3O3S. The molecule has 0 aliphatic carbocycles. The van der Waals surface area contributed by atoms with Gasteiger partial charge in [0.05, 0.1) is 24.3 Å². The quantitative estimate of drug-likeness (QED) is 0.280. The van der Waals surface area contributed by atoms with Crippen LogP contribution < -0.4 is 14.4 Å². The summed E-state index contributed by atoms with van der Waals surface area (Å²) in [5.74, 6) is 1.76.